The van der Waals surface area contributed by atoms with E-state index in [1.807, 2.05) is 55.0 Å². The van der Waals surface area contributed by atoms with Gasteiger partial charge >= 0.3 is 0 Å². The van der Waals surface area contributed by atoms with Crippen LogP contribution in [0.1, 0.15) is 64.6 Å². The van der Waals surface area contributed by atoms with Crippen molar-refractivity contribution in [3.8, 4) is 22.8 Å². The zero-order valence-corrected chi connectivity index (χ0v) is 48.6. The highest BCUT2D eigenvalue weighted by Crippen LogP contribution is 2.44. The van der Waals surface area contributed by atoms with Gasteiger partial charge in [0.15, 0.2) is 11.6 Å². The molecule has 0 atom stereocenters. The summed E-state index contributed by atoms with van der Waals surface area (Å²) in [7, 11) is 0. The number of H-pyrrole nitrogens is 1. The zero-order valence-electron chi connectivity index (χ0n) is 47.0. The molecule has 10 heterocycles. The summed E-state index contributed by atoms with van der Waals surface area (Å²) in [4.78, 5) is 58.7. The van der Waals surface area contributed by atoms with Crippen molar-refractivity contribution in [3.63, 3.8) is 0 Å². The number of pyridine rings is 4. The molecule has 89 heavy (non-hydrogen) atoms. The fourth-order valence-corrected chi connectivity index (χ4v) is 12.1. The van der Waals surface area contributed by atoms with Crippen molar-refractivity contribution >= 4 is 55.0 Å². The third-order valence-electron chi connectivity index (χ3n) is 14.3. The van der Waals surface area contributed by atoms with Crippen molar-refractivity contribution in [2.75, 3.05) is 36.8 Å². The molecule has 0 amide bonds. The minimum absolute atomic E-state index is 0. The first-order valence-electron chi connectivity index (χ1n) is 28.4. The molecule has 0 aliphatic rings. The van der Waals surface area contributed by atoms with Crippen molar-refractivity contribution in [1.82, 2.24) is 80.0 Å². The molecule has 0 radical (unpaired) electrons. The van der Waals surface area contributed by atoms with Gasteiger partial charge < -0.3 is 30.8 Å². The van der Waals surface area contributed by atoms with Crippen LogP contribution in [0.2, 0.25) is 0 Å². The standard InChI is InChI=1S/C42H36FN9S.C23H22FN9S.2CH4/c43-33-19-12-24-46-35(33)27-48-40-39-41(50-29-49-40)53-38(51-39)22-26-44-25-21-37-47-28-36(34-20-10-11-23-45-34)52(37)42(30-13-4-1-5-14-30,31-15-6-2-7-16-31)32-17-8-3-9-18-32;24-15-4-3-9-27-17(15)12-29-22-21-23(31-14-30-22)34-20(33-21)7-11-25-10-6-19-28-13-18(32-19)16-5-1-2-8-26-16;;/h1-20,23-24,28-29,44H,21-22,25-27H2,(H,48,49,50);1-5,8-9,13-14,25H,6-7,10-12H2,(H,28,32)(H,29,30,31);2*1H4. The topological polar surface area (TPSA) is 224 Å². The Morgan fingerprint density at radius 3 is 1.42 bits per heavy atom. The number of anilines is 2. The van der Waals surface area contributed by atoms with Gasteiger partial charge in [-0.2, -0.15) is 0 Å². The lowest BCUT2D eigenvalue weighted by Gasteiger charge is -2.40. The van der Waals surface area contributed by atoms with Crippen LogP contribution in [0.15, 0.2) is 201 Å². The van der Waals surface area contributed by atoms with E-state index in [1.54, 1.807) is 30.7 Å². The highest BCUT2D eigenvalue weighted by atomic mass is 32.1. The fourth-order valence-electron chi connectivity index (χ4n) is 10.2. The first kappa shape index (κ1) is 62.1. The van der Waals surface area contributed by atoms with E-state index in [0.29, 0.717) is 60.0 Å². The van der Waals surface area contributed by atoms with E-state index in [9.17, 15) is 8.78 Å². The minimum Gasteiger partial charge on any atom is -0.362 e. The third-order valence-corrected chi connectivity index (χ3v) is 16.4. The summed E-state index contributed by atoms with van der Waals surface area (Å²) in [5.41, 5.74) is 8.24. The number of hydrogen-bond acceptors (Lipinski definition) is 18. The molecule has 450 valence electrons. The quantitative estimate of drug-likeness (QED) is 0.0280. The summed E-state index contributed by atoms with van der Waals surface area (Å²) in [6.45, 7) is 3.41. The van der Waals surface area contributed by atoms with Gasteiger partial charge in [-0.05, 0) is 65.2 Å². The largest absolute Gasteiger partial charge is 0.362 e. The smallest absolute Gasteiger partial charge is 0.157 e. The number of nitrogens with one attached hydrogen (secondary N) is 5. The molecule has 0 unspecified atom stereocenters. The second-order valence-corrected chi connectivity index (χ2v) is 22.0. The van der Waals surface area contributed by atoms with E-state index >= 15 is 0 Å². The SMILES string of the molecule is C.C.Fc1cccnc1CNc1ncnc2sc(CCNCCc3ncc(-c4ccccn4)[nH]3)nc12.Fc1cccnc1CNc1ncnc2sc(CCNCCc3ncc(-c4ccccn4)n3C(c3ccccc3)(c3ccccc3)c3ccccc3)nc12. The number of fused-ring (bicyclic) bond motifs is 2. The monoisotopic (exact) mass is 1220 g/mol. The number of thiazole rings is 2. The molecule has 13 aromatic rings. The van der Waals surface area contributed by atoms with E-state index in [2.05, 4.69) is 162 Å². The molecule has 10 aromatic heterocycles. The summed E-state index contributed by atoms with van der Waals surface area (Å²) in [6.07, 6.45) is 16.4. The highest BCUT2D eigenvalue weighted by Gasteiger charge is 2.41. The number of hydrogen-bond donors (Lipinski definition) is 5. The Labute approximate surface area is 522 Å². The molecule has 0 bridgehead atoms. The van der Waals surface area contributed by atoms with Gasteiger partial charge in [0.05, 0.1) is 69.7 Å². The normalized spacial score (nSPS) is 11.2. The van der Waals surface area contributed by atoms with Gasteiger partial charge in [0.2, 0.25) is 0 Å². The second kappa shape index (κ2) is 30.1. The summed E-state index contributed by atoms with van der Waals surface area (Å²) >= 11 is 3.07. The summed E-state index contributed by atoms with van der Waals surface area (Å²) in [5, 5.41) is 15.3. The van der Waals surface area contributed by atoms with Crippen molar-refractivity contribution in [2.45, 2.75) is 59.2 Å². The predicted molar refractivity (Wildman–Crippen MR) is 349 cm³/mol. The maximum atomic E-state index is 14.2. The van der Waals surface area contributed by atoms with Gasteiger partial charge in [-0.25, -0.2) is 48.7 Å². The lowest BCUT2D eigenvalue weighted by atomic mass is 9.76. The molecule has 0 spiro atoms. The van der Waals surface area contributed by atoms with Crippen LogP contribution in [-0.2, 0) is 44.3 Å². The lowest BCUT2D eigenvalue weighted by molar-refractivity contribution is 0.491. The molecule has 13 rings (SSSR count). The maximum Gasteiger partial charge on any atom is 0.157 e. The van der Waals surface area contributed by atoms with Crippen LogP contribution in [0.5, 0.6) is 0 Å². The van der Waals surface area contributed by atoms with Crippen LogP contribution >= 0.6 is 22.7 Å². The molecule has 3 aromatic carbocycles. The summed E-state index contributed by atoms with van der Waals surface area (Å²) in [5.74, 6) is 2.27. The third kappa shape index (κ3) is 14.5. The second-order valence-electron chi connectivity index (χ2n) is 19.9. The van der Waals surface area contributed by atoms with Crippen LogP contribution in [0.25, 0.3) is 43.5 Å². The van der Waals surface area contributed by atoms with Gasteiger partial charge in [-0.3, -0.25) is 19.9 Å². The first-order valence-corrected chi connectivity index (χ1v) is 30.0. The van der Waals surface area contributed by atoms with E-state index in [0.717, 1.165) is 96.7 Å². The molecule has 0 fully saturated rings. The molecular weight excluding hydrogens is 1160 g/mol. The Hall–Kier alpha value is -10.0. The minimum atomic E-state index is -0.738. The molecule has 18 nitrogen and oxygen atoms in total. The number of rotatable bonds is 24. The number of halogens is 2. The number of nitrogens with zero attached hydrogens (tertiary/aromatic N) is 13. The first-order chi connectivity index (χ1) is 43.0. The maximum absolute atomic E-state index is 14.2. The van der Waals surface area contributed by atoms with E-state index in [-0.39, 0.29) is 39.6 Å². The molecule has 0 saturated heterocycles. The van der Waals surface area contributed by atoms with E-state index in [1.165, 1.54) is 47.5 Å². The van der Waals surface area contributed by atoms with Crippen molar-refractivity contribution < 1.29 is 8.78 Å². The average Bonchev–Trinajstić information content (AvgIpc) is 1.72. The van der Waals surface area contributed by atoms with Crippen LogP contribution < -0.4 is 21.3 Å². The molecule has 0 aliphatic heterocycles. The van der Waals surface area contributed by atoms with Gasteiger partial charge in [0.1, 0.15) is 62.2 Å². The van der Waals surface area contributed by atoms with Crippen molar-refractivity contribution in [3.05, 3.63) is 263 Å². The van der Waals surface area contributed by atoms with E-state index in [4.69, 9.17) is 19.9 Å². The summed E-state index contributed by atoms with van der Waals surface area (Å²) < 4.78 is 30.4. The summed E-state index contributed by atoms with van der Waals surface area (Å²) in [6, 6.07) is 49.7. The number of benzene rings is 3. The number of imidazole rings is 2. The van der Waals surface area contributed by atoms with Gasteiger partial charge in [-0.15, -0.1) is 0 Å². The number of aromatic nitrogens is 14. The van der Waals surface area contributed by atoms with Crippen molar-refractivity contribution in [1.29, 1.82) is 0 Å². The van der Waals surface area contributed by atoms with Crippen LogP contribution in [-0.4, -0.2) is 95.5 Å². The predicted octanol–water partition coefficient (Wildman–Crippen LogP) is 12.4. The van der Waals surface area contributed by atoms with Gasteiger partial charge in [0, 0.05) is 76.6 Å². The van der Waals surface area contributed by atoms with Gasteiger partial charge in [0.25, 0.3) is 0 Å². The average molecular weight is 1230 g/mol. The lowest BCUT2D eigenvalue weighted by Crippen LogP contribution is -2.40. The van der Waals surface area contributed by atoms with E-state index < -0.39 is 5.54 Å². The Morgan fingerprint density at radius 1 is 0.449 bits per heavy atom. The Balaban J connectivity index is 0.000000210. The van der Waals surface area contributed by atoms with Crippen molar-refractivity contribution in [2.24, 2.45) is 0 Å². The molecule has 22 heteroatoms. The molecule has 5 N–H and O–H groups in total. The van der Waals surface area contributed by atoms with Crippen LogP contribution in [0.3, 0.4) is 0 Å². The molecule has 0 saturated carbocycles. The zero-order chi connectivity index (χ0) is 59.0. The Kier molecular flexibility index (Phi) is 21.0. The fraction of sp³-hybridized carbons (Fsp3) is 0.194. The van der Waals surface area contributed by atoms with Crippen LogP contribution in [0.4, 0.5) is 20.4 Å². The molecular formula is C67H66F2N18S2. The molecule has 0 aliphatic carbocycles. The Bertz CT molecular complexity index is 4210. The highest BCUT2D eigenvalue weighted by molar-refractivity contribution is 7.18. The Morgan fingerprint density at radius 2 is 0.921 bits per heavy atom. The van der Waals surface area contributed by atoms with Crippen LogP contribution in [0, 0.1) is 11.6 Å². The number of aromatic amines is 1. The van der Waals surface area contributed by atoms with Gasteiger partial charge in [-0.1, -0.05) is 141 Å².